The molecule has 28 heavy (non-hydrogen) atoms. The summed E-state index contributed by atoms with van der Waals surface area (Å²) < 4.78 is 0. The Labute approximate surface area is 178 Å². The maximum absolute atomic E-state index is 13.2. The van der Waals surface area contributed by atoms with Crippen LogP contribution >= 0.6 is 34.9 Å². The zero-order valence-corrected chi connectivity index (χ0v) is 17.7. The van der Waals surface area contributed by atoms with Crippen LogP contribution in [-0.2, 0) is 17.6 Å². The van der Waals surface area contributed by atoms with Crippen LogP contribution in [0.5, 0.6) is 0 Å². The first-order valence-corrected chi connectivity index (χ1v) is 11.3. The van der Waals surface area contributed by atoms with E-state index in [0.717, 1.165) is 18.4 Å². The van der Waals surface area contributed by atoms with Gasteiger partial charge in [0.25, 0.3) is 5.91 Å². The molecule has 0 atom stereocenters. The Hall–Kier alpha value is -2.28. The molecular weight excluding hydrogens is 404 g/mol. The standard InChI is InChI=1S/C22H20N2OS3/c25-21-20(16-17-6-2-1-3-7-17)23(12-10-18-8-4-14-27-18)22(26)24(21)13-11-19-9-5-15-28-19/h1-9,14-16H,10-13H2. The predicted octanol–water partition coefficient (Wildman–Crippen LogP) is 5.07. The van der Waals surface area contributed by atoms with Crippen LogP contribution in [0.4, 0.5) is 0 Å². The van der Waals surface area contributed by atoms with E-state index in [4.69, 9.17) is 12.2 Å². The summed E-state index contributed by atoms with van der Waals surface area (Å²) in [4.78, 5) is 19.5. The van der Waals surface area contributed by atoms with Crippen LogP contribution in [-0.4, -0.2) is 33.9 Å². The van der Waals surface area contributed by atoms with Crippen molar-refractivity contribution in [3.05, 3.63) is 86.4 Å². The lowest BCUT2D eigenvalue weighted by atomic mass is 10.2. The van der Waals surface area contributed by atoms with E-state index in [1.165, 1.54) is 9.75 Å². The predicted molar refractivity (Wildman–Crippen MR) is 121 cm³/mol. The Balaban J connectivity index is 1.57. The van der Waals surface area contributed by atoms with Crippen molar-refractivity contribution >= 4 is 52.0 Å². The van der Waals surface area contributed by atoms with Gasteiger partial charge in [-0.2, -0.15) is 0 Å². The smallest absolute Gasteiger partial charge is 0.276 e. The van der Waals surface area contributed by atoms with Crippen molar-refractivity contribution in [1.82, 2.24) is 9.80 Å². The molecule has 2 aromatic heterocycles. The number of hydrogen-bond donors (Lipinski definition) is 0. The lowest BCUT2D eigenvalue weighted by Gasteiger charge is -2.20. The van der Waals surface area contributed by atoms with Gasteiger partial charge in [0.1, 0.15) is 5.70 Å². The van der Waals surface area contributed by atoms with Crippen molar-refractivity contribution in [1.29, 1.82) is 0 Å². The van der Waals surface area contributed by atoms with Gasteiger partial charge in [-0.05, 0) is 59.6 Å². The van der Waals surface area contributed by atoms with Crippen molar-refractivity contribution in [2.45, 2.75) is 12.8 Å². The number of rotatable bonds is 7. The van der Waals surface area contributed by atoms with Crippen LogP contribution in [0.1, 0.15) is 15.3 Å². The van der Waals surface area contributed by atoms with Gasteiger partial charge in [0, 0.05) is 22.8 Å². The highest BCUT2D eigenvalue weighted by molar-refractivity contribution is 7.80. The summed E-state index contributed by atoms with van der Waals surface area (Å²) in [5.74, 6) is -0.00316. The van der Waals surface area contributed by atoms with Crippen molar-refractivity contribution in [2.75, 3.05) is 13.1 Å². The molecule has 3 heterocycles. The minimum atomic E-state index is -0.00316. The molecule has 0 saturated carbocycles. The second kappa shape index (κ2) is 8.82. The zero-order chi connectivity index (χ0) is 19.3. The first-order chi connectivity index (χ1) is 13.7. The quantitative estimate of drug-likeness (QED) is 0.391. The number of hydrogen-bond acceptors (Lipinski definition) is 4. The van der Waals surface area contributed by atoms with E-state index < -0.39 is 0 Å². The van der Waals surface area contributed by atoms with E-state index in [2.05, 4.69) is 29.0 Å². The van der Waals surface area contributed by atoms with E-state index in [1.54, 1.807) is 27.6 Å². The molecule has 6 heteroatoms. The third-order valence-electron chi connectivity index (χ3n) is 4.64. The Bertz CT molecular complexity index is 963. The van der Waals surface area contributed by atoms with Gasteiger partial charge in [0.05, 0.1) is 0 Å². The van der Waals surface area contributed by atoms with Gasteiger partial charge >= 0.3 is 0 Å². The zero-order valence-electron chi connectivity index (χ0n) is 15.3. The van der Waals surface area contributed by atoms with E-state index in [-0.39, 0.29) is 5.91 Å². The number of carbonyl (C=O) groups is 1. The molecule has 0 radical (unpaired) electrons. The summed E-state index contributed by atoms with van der Waals surface area (Å²) in [6.45, 7) is 1.32. The summed E-state index contributed by atoms with van der Waals surface area (Å²) in [5.41, 5.74) is 1.67. The minimum absolute atomic E-state index is 0.00316. The van der Waals surface area contributed by atoms with Gasteiger partial charge in [-0.3, -0.25) is 9.69 Å². The average Bonchev–Trinajstić information content (AvgIpc) is 3.45. The van der Waals surface area contributed by atoms with Crippen LogP contribution in [0.25, 0.3) is 6.08 Å². The van der Waals surface area contributed by atoms with Crippen molar-refractivity contribution in [3.63, 3.8) is 0 Å². The van der Waals surface area contributed by atoms with Crippen LogP contribution in [0.2, 0.25) is 0 Å². The maximum Gasteiger partial charge on any atom is 0.276 e. The molecule has 3 aromatic rings. The van der Waals surface area contributed by atoms with Crippen LogP contribution in [0.15, 0.2) is 71.1 Å². The molecule has 0 bridgehead atoms. The molecule has 0 N–H and O–H groups in total. The molecule has 1 aliphatic heterocycles. The molecule has 0 unspecified atom stereocenters. The topological polar surface area (TPSA) is 23.6 Å². The van der Waals surface area contributed by atoms with E-state index in [0.29, 0.717) is 23.9 Å². The Morgan fingerprint density at radius 3 is 2.00 bits per heavy atom. The minimum Gasteiger partial charge on any atom is -0.313 e. The van der Waals surface area contributed by atoms with Gasteiger partial charge in [-0.25, -0.2) is 0 Å². The lowest BCUT2D eigenvalue weighted by molar-refractivity contribution is -0.122. The fourth-order valence-electron chi connectivity index (χ4n) is 3.20. The highest BCUT2D eigenvalue weighted by Gasteiger charge is 2.37. The maximum atomic E-state index is 13.2. The third kappa shape index (κ3) is 4.24. The summed E-state index contributed by atoms with van der Waals surface area (Å²) in [6, 6.07) is 18.3. The second-order valence-corrected chi connectivity index (χ2v) is 8.92. The van der Waals surface area contributed by atoms with E-state index in [1.807, 2.05) is 47.4 Å². The SMILES string of the molecule is O=C1C(=Cc2ccccc2)N(CCc2cccs2)C(=S)N1CCc1cccs1. The van der Waals surface area contributed by atoms with Crippen LogP contribution in [0.3, 0.4) is 0 Å². The van der Waals surface area contributed by atoms with Crippen LogP contribution < -0.4 is 0 Å². The Morgan fingerprint density at radius 1 is 0.821 bits per heavy atom. The number of amides is 1. The monoisotopic (exact) mass is 424 g/mol. The number of carbonyl (C=O) groups excluding carboxylic acids is 1. The molecule has 4 rings (SSSR count). The first-order valence-electron chi connectivity index (χ1n) is 9.17. The van der Waals surface area contributed by atoms with Gasteiger partial charge in [-0.15, -0.1) is 22.7 Å². The Morgan fingerprint density at radius 2 is 1.43 bits per heavy atom. The fraction of sp³-hybridized carbons (Fsp3) is 0.182. The number of benzene rings is 1. The summed E-state index contributed by atoms with van der Waals surface area (Å²) in [5, 5.41) is 4.75. The van der Waals surface area contributed by atoms with Gasteiger partial charge in [-0.1, -0.05) is 42.5 Å². The van der Waals surface area contributed by atoms with Gasteiger partial charge in [0.15, 0.2) is 5.11 Å². The van der Waals surface area contributed by atoms with Crippen molar-refractivity contribution < 1.29 is 4.79 Å². The summed E-state index contributed by atoms with van der Waals surface area (Å²) in [6.07, 6.45) is 3.64. The molecule has 1 aromatic carbocycles. The normalized spacial score (nSPS) is 15.8. The molecule has 142 valence electrons. The fourth-order valence-corrected chi connectivity index (χ4v) is 4.96. The van der Waals surface area contributed by atoms with E-state index in [9.17, 15) is 4.79 Å². The number of nitrogens with zero attached hydrogens (tertiary/aromatic N) is 2. The summed E-state index contributed by atoms with van der Waals surface area (Å²) in [7, 11) is 0. The third-order valence-corrected chi connectivity index (χ3v) is 6.96. The Kier molecular flexibility index (Phi) is 6.00. The molecule has 3 nitrogen and oxygen atoms in total. The molecule has 1 fully saturated rings. The van der Waals surface area contributed by atoms with Crippen molar-refractivity contribution in [2.24, 2.45) is 0 Å². The molecule has 1 amide bonds. The molecule has 1 saturated heterocycles. The van der Waals surface area contributed by atoms with Gasteiger partial charge < -0.3 is 4.90 Å². The number of thiocarbonyl (C=S) groups is 1. The lowest BCUT2D eigenvalue weighted by Crippen LogP contribution is -2.34. The average molecular weight is 425 g/mol. The molecular formula is C22H20N2OS3. The van der Waals surface area contributed by atoms with Gasteiger partial charge in [0.2, 0.25) is 0 Å². The second-order valence-electron chi connectivity index (χ2n) is 6.49. The molecule has 0 spiro atoms. The largest absolute Gasteiger partial charge is 0.313 e. The highest BCUT2D eigenvalue weighted by atomic mass is 32.1. The summed E-state index contributed by atoms with van der Waals surface area (Å²) >= 11 is 9.17. The first kappa shape index (κ1) is 19.1. The molecule has 0 aliphatic carbocycles. The van der Waals surface area contributed by atoms with Crippen molar-refractivity contribution in [3.8, 4) is 0 Å². The number of thiophene rings is 2. The van der Waals surface area contributed by atoms with Crippen LogP contribution in [0, 0.1) is 0 Å². The highest BCUT2D eigenvalue weighted by Crippen LogP contribution is 2.25. The van der Waals surface area contributed by atoms with E-state index >= 15 is 0 Å². The molecule has 1 aliphatic rings.